The van der Waals surface area contributed by atoms with Crippen molar-refractivity contribution in [1.82, 2.24) is 10.2 Å². The Balaban J connectivity index is 2.13. The Morgan fingerprint density at radius 2 is 1.58 bits per heavy atom. The van der Waals surface area contributed by atoms with E-state index in [1.54, 1.807) is 48.5 Å². The number of benzene rings is 2. The average Bonchev–Trinajstić information content (AvgIpc) is 2.91. The van der Waals surface area contributed by atoms with Gasteiger partial charge >= 0.3 is 0 Å². The number of hydrogen-bond donors (Lipinski definition) is 6. The Kier molecular flexibility index (Phi) is 12.7. The molecule has 0 bridgehead atoms. The van der Waals surface area contributed by atoms with Gasteiger partial charge in [0.1, 0.15) is 17.9 Å². The molecule has 0 aliphatic rings. The van der Waals surface area contributed by atoms with Crippen molar-refractivity contribution in [1.29, 1.82) is 0 Å². The van der Waals surface area contributed by atoms with E-state index in [1.807, 2.05) is 13.8 Å². The topological polar surface area (TPSA) is 186 Å². The van der Waals surface area contributed by atoms with E-state index >= 15 is 0 Å². The second-order valence-corrected chi connectivity index (χ2v) is 8.89. The number of rotatable bonds is 15. The quantitative estimate of drug-likeness (QED) is 0.192. The van der Waals surface area contributed by atoms with Crippen LogP contribution in [0.4, 0.5) is 5.69 Å². The van der Waals surface area contributed by atoms with Gasteiger partial charge in [0.25, 0.3) is 0 Å². The summed E-state index contributed by atoms with van der Waals surface area (Å²) in [5.74, 6) is -0.864. The van der Waals surface area contributed by atoms with E-state index in [4.69, 9.17) is 21.9 Å². The first-order chi connectivity index (χ1) is 18.2. The van der Waals surface area contributed by atoms with E-state index in [0.717, 1.165) is 5.56 Å². The van der Waals surface area contributed by atoms with Crippen LogP contribution in [0.5, 0.6) is 5.75 Å². The smallest absolute Gasteiger partial charge is 0.250 e. The van der Waals surface area contributed by atoms with Crippen molar-refractivity contribution in [2.24, 2.45) is 17.2 Å². The first-order valence-electron chi connectivity index (χ1n) is 12.7. The van der Waals surface area contributed by atoms with Crippen LogP contribution in [-0.2, 0) is 14.4 Å². The molecular weight excluding hydrogens is 488 g/mol. The van der Waals surface area contributed by atoms with Crippen LogP contribution in [0.1, 0.15) is 37.0 Å². The van der Waals surface area contributed by atoms with E-state index in [-0.39, 0.29) is 18.7 Å². The maximum atomic E-state index is 13.2. The molecule has 0 spiro atoms. The summed E-state index contributed by atoms with van der Waals surface area (Å²) in [5, 5.41) is 16.3. The predicted molar refractivity (Wildman–Crippen MR) is 146 cm³/mol. The lowest BCUT2D eigenvalue weighted by atomic mass is 9.99. The molecule has 9 N–H and O–H groups in total. The molecule has 0 radical (unpaired) electrons. The number of aliphatic hydroxyl groups excluding tert-OH is 1. The number of ether oxygens (including phenoxy) is 1. The summed E-state index contributed by atoms with van der Waals surface area (Å²) in [6.07, 6.45) is -1.29. The first-order valence-corrected chi connectivity index (χ1v) is 12.7. The van der Waals surface area contributed by atoms with E-state index in [1.165, 1.54) is 4.90 Å². The third-order valence-electron chi connectivity index (χ3n) is 5.90. The number of aryl methyl sites for hydroxylation is 1. The Bertz CT molecular complexity index is 1030. The molecule has 11 heteroatoms. The molecule has 0 fully saturated rings. The van der Waals surface area contributed by atoms with Gasteiger partial charge in [0, 0.05) is 38.3 Å². The Labute approximate surface area is 223 Å². The Morgan fingerprint density at radius 1 is 0.974 bits per heavy atom. The van der Waals surface area contributed by atoms with Gasteiger partial charge in [-0.2, -0.15) is 0 Å². The lowest BCUT2D eigenvalue weighted by Crippen LogP contribution is -2.52. The molecule has 3 amide bonds. The second kappa shape index (κ2) is 15.7. The van der Waals surface area contributed by atoms with Gasteiger partial charge in [-0.3, -0.25) is 14.4 Å². The second-order valence-electron chi connectivity index (χ2n) is 8.89. The van der Waals surface area contributed by atoms with E-state index < -0.39 is 30.0 Å². The van der Waals surface area contributed by atoms with E-state index in [9.17, 15) is 19.5 Å². The standard InChI is InChI=1S/C27H40N6O5/c1-3-38-21-10-8-20(9-11-21)31-27(37)24(25(35)19-6-4-18(2)5-7-19)32-26(36)22(30)12-13-23(34)33(16-14-28)17-15-29/h4-11,22,24-25,35H,3,12-17,28-30H2,1-2H3,(H,31,37)(H,32,36)/t22-,24-,25+/m0/s1. The SMILES string of the molecule is CCOc1ccc(NC(=O)[C@@H](NC(=O)[C@@H](N)CCC(=O)N(CCN)CCN)[C@H](O)c2ccc(C)cc2)cc1. The third kappa shape index (κ3) is 9.42. The van der Waals surface area contributed by atoms with Crippen molar-refractivity contribution < 1.29 is 24.2 Å². The van der Waals surface area contributed by atoms with Gasteiger partial charge in [-0.05, 0) is 50.1 Å². The maximum Gasteiger partial charge on any atom is 0.250 e. The highest BCUT2D eigenvalue weighted by Gasteiger charge is 2.31. The molecule has 0 saturated carbocycles. The summed E-state index contributed by atoms with van der Waals surface area (Å²) >= 11 is 0. The summed E-state index contributed by atoms with van der Waals surface area (Å²) in [6, 6.07) is 11.3. The zero-order valence-corrected chi connectivity index (χ0v) is 22.1. The fourth-order valence-corrected chi connectivity index (χ4v) is 3.77. The van der Waals surface area contributed by atoms with Gasteiger partial charge in [-0.15, -0.1) is 0 Å². The summed E-state index contributed by atoms with van der Waals surface area (Å²) in [6.45, 7) is 5.57. The fourth-order valence-electron chi connectivity index (χ4n) is 3.77. The largest absolute Gasteiger partial charge is 0.494 e. The monoisotopic (exact) mass is 528 g/mol. The van der Waals surface area contributed by atoms with Crippen LogP contribution >= 0.6 is 0 Å². The number of nitrogens with one attached hydrogen (secondary N) is 2. The van der Waals surface area contributed by atoms with Crippen LogP contribution in [0.3, 0.4) is 0 Å². The minimum Gasteiger partial charge on any atom is -0.494 e. The van der Waals surface area contributed by atoms with Crippen molar-refractivity contribution in [3.05, 3.63) is 59.7 Å². The van der Waals surface area contributed by atoms with Crippen molar-refractivity contribution in [3.8, 4) is 5.75 Å². The Hall–Kier alpha value is -3.51. The van der Waals surface area contributed by atoms with Crippen LogP contribution in [0.25, 0.3) is 0 Å². The molecule has 0 unspecified atom stereocenters. The molecule has 38 heavy (non-hydrogen) atoms. The van der Waals surface area contributed by atoms with Crippen LogP contribution in [0.15, 0.2) is 48.5 Å². The molecule has 0 aliphatic heterocycles. The van der Waals surface area contributed by atoms with Crippen LogP contribution in [0, 0.1) is 6.92 Å². The van der Waals surface area contributed by atoms with Gasteiger partial charge in [0.2, 0.25) is 17.7 Å². The molecule has 0 aromatic heterocycles. The molecule has 0 heterocycles. The normalized spacial score (nSPS) is 13.2. The molecule has 0 aliphatic carbocycles. The molecule has 2 rings (SSSR count). The van der Waals surface area contributed by atoms with Crippen LogP contribution in [0.2, 0.25) is 0 Å². The van der Waals surface area contributed by atoms with Crippen molar-refractivity contribution >= 4 is 23.4 Å². The summed E-state index contributed by atoms with van der Waals surface area (Å²) in [4.78, 5) is 40.2. The molecule has 2 aromatic carbocycles. The number of carbonyl (C=O) groups is 3. The summed E-state index contributed by atoms with van der Waals surface area (Å²) in [7, 11) is 0. The van der Waals surface area contributed by atoms with E-state index in [2.05, 4.69) is 10.6 Å². The average molecular weight is 529 g/mol. The molecule has 2 aromatic rings. The number of anilines is 1. The van der Waals surface area contributed by atoms with E-state index in [0.29, 0.717) is 49.8 Å². The fraction of sp³-hybridized carbons (Fsp3) is 0.444. The summed E-state index contributed by atoms with van der Waals surface area (Å²) in [5.41, 5.74) is 19.1. The van der Waals surface area contributed by atoms with Crippen molar-refractivity contribution in [2.45, 2.75) is 44.9 Å². The van der Waals surface area contributed by atoms with Gasteiger partial charge in [0.05, 0.1) is 12.6 Å². The van der Waals surface area contributed by atoms with Gasteiger partial charge in [0.15, 0.2) is 0 Å². The minimum atomic E-state index is -1.35. The molecular formula is C27H40N6O5. The van der Waals surface area contributed by atoms with Gasteiger partial charge in [-0.25, -0.2) is 0 Å². The number of nitrogens with two attached hydrogens (primary N) is 3. The molecule has 11 nitrogen and oxygen atoms in total. The number of nitrogens with zero attached hydrogens (tertiary/aromatic N) is 1. The highest BCUT2D eigenvalue weighted by atomic mass is 16.5. The first kappa shape index (κ1) is 30.7. The van der Waals surface area contributed by atoms with Crippen LogP contribution in [-0.4, -0.2) is 72.6 Å². The number of hydrogen-bond acceptors (Lipinski definition) is 8. The zero-order chi connectivity index (χ0) is 28.1. The highest BCUT2D eigenvalue weighted by molar-refractivity contribution is 5.98. The number of aliphatic hydroxyl groups is 1. The molecule has 0 saturated heterocycles. The lowest BCUT2D eigenvalue weighted by molar-refractivity contribution is -0.132. The van der Waals surface area contributed by atoms with Gasteiger partial charge < -0.3 is 42.6 Å². The zero-order valence-electron chi connectivity index (χ0n) is 22.1. The van der Waals surface area contributed by atoms with Gasteiger partial charge in [-0.1, -0.05) is 29.8 Å². The lowest BCUT2D eigenvalue weighted by Gasteiger charge is -2.26. The third-order valence-corrected chi connectivity index (χ3v) is 5.90. The van der Waals surface area contributed by atoms with Crippen LogP contribution < -0.4 is 32.6 Å². The predicted octanol–water partition coefficient (Wildman–Crippen LogP) is 0.404. The summed E-state index contributed by atoms with van der Waals surface area (Å²) < 4.78 is 5.42. The molecule has 208 valence electrons. The highest BCUT2D eigenvalue weighted by Crippen LogP contribution is 2.21. The van der Waals surface area contributed by atoms with Crippen molar-refractivity contribution in [3.63, 3.8) is 0 Å². The number of carbonyl (C=O) groups excluding carboxylic acids is 3. The van der Waals surface area contributed by atoms with Crippen molar-refractivity contribution in [2.75, 3.05) is 38.1 Å². The minimum absolute atomic E-state index is 0.0120. The molecule has 3 atom stereocenters. The maximum absolute atomic E-state index is 13.2. The number of amides is 3. The Morgan fingerprint density at radius 3 is 2.13 bits per heavy atom.